The molecule has 0 spiro atoms. The average molecular weight is 387 g/mol. The lowest BCUT2D eigenvalue weighted by Crippen LogP contribution is -2.29. The Kier molecular flexibility index (Phi) is 5.15. The van der Waals surface area contributed by atoms with Crippen molar-refractivity contribution in [2.75, 3.05) is 18.4 Å². The van der Waals surface area contributed by atoms with Gasteiger partial charge in [0.25, 0.3) is 5.91 Å². The zero-order chi connectivity index (χ0) is 20.2. The van der Waals surface area contributed by atoms with E-state index < -0.39 is 0 Å². The maximum Gasteiger partial charge on any atom is 0.270 e. The highest BCUT2D eigenvalue weighted by atomic mass is 16.1. The van der Waals surface area contributed by atoms with Gasteiger partial charge in [0.15, 0.2) is 0 Å². The standard InChI is InChI=1S/C21H21N7O/c1-14-15(2)28(13-27-14)19-11-18(25-12-26-19)22-9-10-24-21(29)20-17-6-4-3-5-16(17)7-8-23-20/h3-8,11-13H,9-10H2,1-2H3,(H,24,29)(H,22,25,26). The van der Waals surface area contributed by atoms with Gasteiger partial charge in [0.05, 0.1) is 5.69 Å². The third-order valence-electron chi connectivity index (χ3n) is 4.76. The van der Waals surface area contributed by atoms with Crippen LogP contribution < -0.4 is 10.6 Å². The Bertz CT molecular complexity index is 1160. The van der Waals surface area contributed by atoms with Gasteiger partial charge >= 0.3 is 0 Å². The van der Waals surface area contributed by atoms with Crippen LogP contribution in [0.3, 0.4) is 0 Å². The number of carbonyl (C=O) groups is 1. The van der Waals surface area contributed by atoms with E-state index in [1.807, 2.05) is 54.8 Å². The first-order valence-electron chi connectivity index (χ1n) is 9.32. The maximum absolute atomic E-state index is 12.5. The summed E-state index contributed by atoms with van der Waals surface area (Å²) in [6.07, 6.45) is 4.90. The van der Waals surface area contributed by atoms with E-state index in [0.29, 0.717) is 24.6 Å². The molecule has 1 amide bonds. The molecule has 0 fully saturated rings. The summed E-state index contributed by atoms with van der Waals surface area (Å²) in [5, 5.41) is 7.93. The van der Waals surface area contributed by atoms with Gasteiger partial charge in [-0.1, -0.05) is 24.3 Å². The molecule has 4 rings (SSSR count). The summed E-state index contributed by atoms with van der Waals surface area (Å²) in [6, 6.07) is 11.4. The lowest BCUT2D eigenvalue weighted by molar-refractivity contribution is 0.0952. The number of amides is 1. The van der Waals surface area contributed by atoms with E-state index in [2.05, 4.69) is 30.6 Å². The normalized spacial score (nSPS) is 10.8. The van der Waals surface area contributed by atoms with Crippen molar-refractivity contribution in [1.82, 2.24) is 29.8 Å². The third kappa shape index (κ3) is 3.91. The summed E-state index contributed by atoms with van der Waals surface area (Å²) in [5.41, 5.74) is 2.42. The maximum atomic E-state index is 12.5. The summed E-state index contributed by atoms with van der Waals surface area (Å²) in [7, 11) is 0. The summed E-state index contributed by atoms with van der Waals surface area (Å²) < 4.78 is 1.91. The number of imidazole rings is 1. The molecule has 8 heteroatoms. The van der Waals surface area contributed by atoms with Gasteiger partial charge in [0, 0.05) is 36.4 Å². The van der Waals surface area contributed by atoms with Crippen LogP contribution in [0.4, 0.5) is 5.82 Å². The van der Waals surface area contributed by atoms with Crippen molar-refractivity contribution in [1.29, 1.82) is 0 Å². The van der Waals surface area contributed by atoms with Crippen molar-refractivity contribution in [2.24, 2.45) is 0 Å². The van der Waals surface area contributed by atoms with Crippen LogP contribution in [0.1, 0.15) is 21.9 Å². The molecule has 0 radical (unpaired) electrons. The Hall–Kier alpha value is -3.81. The number of fused-ring (bicyclic) bond motifs is 1. The number of aromatic nitrogens is 5. The van der Waals surface area contributed by atoms with E-state index in [4.69, 9.17) is 0 Å². The molecule has 0 unspecified atom stereocenters. The van der Waals surface area contributed by atoms with Crippen LogP contribution in [0.15, 0.2) is 55.2 Å². The summed E-state index contributed by atoms with van der Waals surface area (Å²) >= 11 is 0. The molecule has 0 bridgehead atoms. The van der Waals surface area contributed by atoms with E-state index in [1.165, 1.54) is 6.33 Å². The van der Waals surface area contributed by atoms with Gasteiger partial charge in [0.1, 0.15) is 30.0 Å². The van der Waals surface area contributed by atoms with Gasteiger partial charge in [-0.25, -0.2) is 15.0 Å². The third-order valence-corrected chi connectivity index (χ3v) is 4.76. The smallest absolute Gasteiger partial charge is 0.270 e. The molecule has 0 saturated heterocycles. The zero-order valence-electron chi connectivity index (χ0n) is 16.3. The molecule has 146 valence electrons. The minimum absolute atomic E-state index is 0.198. The fourth-order valence-electron chi connectivity index (χ4n) is 3.06. The first-order valence-corrected chi connectivity index (χ1v) is 9.32. The largest absolute Gasteiger partial charge is 0.368 e. The number of nitrogens with one attached hydrogen (secondary N) is 2. The molecule has 3 aromatic heterocycles. The molecule has 8 nitrogen and oxygen atoms in total. The van der Waals surface area contributed by atoms with Crippen LogP contribution in [0.5, 0.6) is 0 Å². The zero-order valence-corrected chi connectivity index (χ0v) is 16.3. The Morgan fingerprint density at radius 2 is 1.90 bits per heavy atom. The van der Waals surface area contributed by atoms with Crippen molar-refractivity contribution in [2.45, 2.75) is 13.8 Å². The first-order chi connectivity index (χ1) is 14.1. The van der Waals surface area contributed by atoms with Crippen LogP contribution in [0, 0.1) is 13.8 Å². The van der Waals surface area contributed by atoms with E-state index in [-0.39, 0.29) is 5.91 Å². The Morgan fingerprint density at radius 1 is 1.03 bits per heavy atom. The monoisotopic (exact) mass is 387 g/mol. The van der Waals surface area contributed by atoms with Gasteiger partial charge in [0.2, 0.25) is 0 Å². The number of benzene rings is 1. The van der Waals surface area contributed by atoms with Crippen molar-refractivity contribution in [3.05, 3.63) is 72.3 Å². The SMILES string of the molecule is Cc1ncn(-c2cc(NCCNC(=O)c3nccc4ccccc34)ncn2)c1C. The minimum atomic E-state index is -0.198. The molecule has 4 aromatic rings. The molecule has 2 N–H and O–H groups in total. The molecule has 1 aromatic carbocycles. The number of hydrogen-bond donors (Lipinski definition) is 2. The Morgan fingerprint density at radius 3 is 2.72 bits per heavy atom. The van der Waals surface area contributed by atoms with Crippen LogP contribution in [-0.4, -0.2) is 43.5 Å². The number of carbonyl (C=O) groups excluding carboxylic acids is 1. The second-order valence-corrected chi connectivity index (χ2v) is 6.61. The van der Waals surface area contributed by atoms with Crippen molar-refractivity contribution >= 4 is 22.5 Å². The molecule has 0 aliphatic carbocycles. The van der Waals surface area contributed by atoms with Crippen LogP contribution >= 0.6 is 0 Å². The topological polar surface area (TPSA) is 97.6 Å². The molecular weight excluding hydrogens is 366 g/mol. The lowest BCUT2D eigenvalue weighted by atomic mass is 10.1. The van der Waals surface area contributed by atoms with Crippen molar-refractivity contribution in [3.63, 3.8) is 0 Å². The van der Waals surface area contributed by atoms with Gasteiger partial charge in [-0.05, 0) is 25.3 Å². The Balaban J connectivity index is 1.37. The predicted molar refractivity (Wildman–Crippen MR) is 111 cm³/mol. The molecular formula is C21H21N7O. The van der Waals surface area contributed by atoms with E-state index in [9.17, 15) is 4.79 Å². The first kappa shape index (κ1) is 18.5. The number of anilines is 1. The highest BCUT2D eigenvalue weighted by Crippen LogP contribution is 2.16. The van der Waals surface area contributed by atoms with Crippen molar-refractivity contribution in [3.8, 4) is 5.82 Å². The highest BCUT2D eigenvalue weighted by Gasteiger charge is 2.11. The van der Waals surface area contributed by atoms with Crippen LogP contribution in [0.25, 0.3) is 16.6 Å². The van der Waals surface area contributed by atoms with Crippen molar-refractivity contribution < 1.29 is 4.79 Å². The van der Waals surface area contributed by atoms with Gasteiger partial charge in [-0.15, -0.1) is 0 Å². The fourth-order valence-corrected chi connectivity index (χ4v) is 3.06. The van der Waals surface area contributed by atoms with E-state index in [0.717, 1.165) is 28.0 Å². The molecule has 0 atom stereocenters. The van der Waals surface area contributed by atoms with Gasteiger partial charge in [-0.2, -0.15) is 0 Å². The number of rotatable bonds is 6. The summed E-state index contributed by atoms with van der Waals surface area (Å²) in [6.45, 7) is 4.91. The van der Waals surface area contributed by atoms with Crippen LogP contribution in [-0.2, 0) is 0 Å². The Labute approximate surface area is 168 Å². The highest BCUT2D eigenvalue weighted by molar-refractivity contribution is 6.05. The number of nitrogens with zero attached hydrogens (tertiary/aromatic N) is 5. The predicted octanol–water partition coefficient (Wildman–Crippen LogP) is 2.67. The average Bonchev–Trinajstić information content (AvgIpc) is 3.09. The summed E-state index contributed by atoms with van der Waals surface area (Å²) in [4.78, 5) is 29.6. The second kappa shape index (κ2) is 8.05. The molecule has 3 heterocycles. The minimum Gasteiger partial charge on any atom is -0.368 e. The van der Waals surface area contributed by atoms with Gasteiger partial charge in [-0.3, -0.25) is 14.3 Å². The number of pyridine rings is 1. The quantitative estimate of drug-likeness (QED) is 0.494. The number of aryl methyl sites for hydroxylation is 1. The molecule has 0 aliphatic heterocycles. The second-order valence-electron chi connectivity index (χ2n) is 6.61. The number of hydrogen-bond acceptors (Lipinski definition) is 6. The van der Waals surface area contributed by atoms with Crippen LogP contribution in [0.2, 0.25) is 0 Å². The molecule has 0 saturated carbocycles. The summed E-state index contributed by atoms with van der Waals surface area (Å²) in [5.74, 6) is 1.22. The van der Waals surface area contributed by atoms with Gasteiger partial charge < -0.3 is 10.6 Å². The fraction of sp³-hybridized carbons (Fsp3) is 0.190. The molecule has 0 aliphatic rings. The molecule has 29 heavy (non-hydrogen) atoms. The van der Waals surface area contributed by atoms with E-state index >= 15 is 0 Å². The lowest BCUT2D eigenvalue weighted by Gasteiger charge is -2.10. The van der Waals surface area contributed by atoms with E-state index in [1.54, 1.807) is 12.5 Å².